The molecule has 0 saturated carbocycles. The van der Waals surface area contributed by atoms with Crippen LogP contribution in [0.15, 0.2) is 27.6 Å². The van der Waals surface area contributed by atoms with E-state index in [4.69, 9.17) is 4.42 Å². The van der Waals surface area contributed by atoms with E-state index in [0.717, 1.165) is 6.26 Å². The summed E-state index contributed by atoms with van der Waals surface area (Å²) in [5.41, 5.74) is -0.688. The summed E-state index contributed by atoms with van der Waals surface area (Å²) in [6.45, 7) is 1.55. The van der Waals surface area contributed by atoms with E-state index in [1.807, 2.05) is 0 Å². The molecule has 0 aliphatic carbocycles. The molecule has 2 aromatic rings. The molecule has 0 saturated heterocycles. The van der Waals surface area contributed by atoms with Gasteiger partial charge in [0.25, 0.3) is 0 Å². The molecule has 86 valence electrons. The molecule has 0 aliphatic rings. The Balaban J connectivity index is 2.99. The molecule has 0 fully saturated rings. The number of nitro groups is 1. The van der Waals surface area contributed by atoms with Crippen LogP contribution in [0.25, 0.3) is 11.0 Å². The Hall–Kier alpha value is -2.50. The maximum Gasteiger partial charge on any atom is 0.315 e. The zero-order valence-corrected chi connectivity index (χ0v) is 8.80. The summed E-state index contributed by atoms with van der Waals surface area (Å²) < 4.78 is 5.01. The first-order valence-electron chi connectivity index (χ1n) is 4.71. The van der Waals surface area contributed by atoms with Crippen LogP contribution in [0.2, 0.25) is 0 Å². The average Bonchev–Trinajstić information content (AvgIpc) is 2.28. The van der Waals surface area contributed by atoms with E-state index in [1.165, 1.54) is 12.1 Å². The number of hydrogen-bond donors (Lipinski definition) is 0. The number of nitro benzene ring substituents is 1. The van der Waals surface area contributed by atoms with Crippen LogP contribution in [0, 0.1) is 17.0 Å². The van der Waals surface area contributed by atoms with Gasteiger partial charge in [-0.2, -0.15) is 0 Å². The van der Waals surface area contributed by atoms with Crippen LogP contribution in [0.4, 0.5) is 5.69 Å². The minimum absolute atomic E-state index is 0.0342. The highest BCUT2D eigenvalue weighted by Gasteiger charge is 2.20. The number of hydrogen-bond acceptors (Lipinski definition) is 5. The fraction of sp³-hybridized carbons (Fsp3) is 0.0909. The highest BCUT2D eigenvalue weighted by molar-refractivity contribution is 5.90. The third kappa shape index (κ3) is 1.59. The largest absolute Gasteiger partial charge is 0.456 e. The number of carbonyl (C=O) groups is 1. The van der Waals surface area contributed by atoms with Crippen molar-refractivity contribution in [1.29, 1.82) is 0 Å². The van der Waals surface area contributed by atoms with Crippen molar-refractivity contribution in [2.45, 2.75) is 6.92 Å². The fourth-order valence-corrected chi connectivity index (χ4v) is 1.61. The lowest BCUT2D eigenvalue weighted by Gasteiger charge is -2.01. The molecule has 1 aromatic heterocycles. The van der Waals surface area contributed by atoms with Crippen molar-refractivity contribution in [3.05, 3.63) is 49.9 Å². The standard InChI is InChI=1S/C11H7NO5/c1-6-2-3-8-10(14)7(4-13)5-17-11(8)9(6)12(15)16/h2-5H,1H3. The molecule has 1 heterocycles. The van der Waals surface area contributed by atoms with E-state index in [-0.39, 0.29) is 22.2 Å². The highest BCUT2D eigenvalue weighted by Crippen LogP contribution is 2.27. The smallest absolute Gasteiger partial charge is 0.315 e. The number of fused-ring (bicyclic) bond motifs is 1. The Morgan fingerprint density at radius 3 is 2.71 bits per heavy atom. The first-order valence-corrected chi connectivity index (χ1v) is 4.71. The molecule has 17 heavy (non-hydrogen) atoms. The van der Waals surface area contributed by atoms with Gasteiger partial charge in [-0.05, 0) is 13.0 Å². The second-order valence-electron chi connectivity index (χ2n) is 3.50. The zero-order chi connectivity index (χ0) is 12.6. The van der Waals surface area contributed by atoms with Gasteiger partial charge >= 0.3 is 5.69 Å². The molecule has 0 amide bonds. The molecule has 6 heteroatoms. The zero-order valence-electron chi connectivity index (χ0n) is 8.80. The van der Waals surface area contributed by atoms with Gasteiger partial charge in [0.15, 0.2) is 6.29 Å². The van der Waals surface area contributed by atoms with Gasteiger partial charge in [0.1, 0.15) is 6.26 Å². The highest BCUT2D eigenvalue weighted by atomic mass is 16.6. The molecule has 0 unspecified atom stereocenters. The molecular weight excluding hydrogens is 226 g/mol. The summed E-state index contributed by atoms with van der Waals surface area (Å²) in [6.07, 6.45) is 1.29. The normalized spacial score (nSPS) is 10.4. The van der Waals surface area contributed by atoms with E-state index >= 15 is 0 Å². The Bertz CT molecular complexity index is 686. The Morgan fingerprint density at radius 1 is 1.41 bits per heavy atom. The minimum atomic E-state index is -0.610. The lowest BCUT2D eigenvalue weighted by atomic mass is 10.1. The molecule has 2 rings (SSSR count). The van der Waals surface area contributed by atoms with Crippen LogP contribution >= 0.6 is 0 Å². The Morgan fingerprint density at radius 2 is 2.12 bits per heavy atom. The predicted molar refractivity (Wildman–Crippen MR) is 59.3 cm³/mol. The maximum atomic E-state index is 11.7. The maximum absolute atomic E-state index is 11.7. The van der Waals surface area contributed by atoms with Crippen LogP contribution in [0.1, 0.15) is 15.9 Å². The lowest BCUT2D eigenvalue weighted by Crippen LogP contribution is -2.08. The molecule has 0 radical (unpaired) electrons. The molecule has 0 atom stereocenters. The molecular formula is C11H7NO5. The third-order valence-electron chi connectivity index (χ3n) is 2.45. The first kappa shape index (κ1) is 11.0. The van der Waals surface area contributed by atoms with Gasteiger partial charge in [0, 0.05) is 5.56 Å². The van der Waals surface area contributed by atoms with Crippen LogP contribution in [-0.4, -0.2) is 11.2 Å². The van der Waals surface area contributed by atoms with Gasteiger partial charge in [-0.25, -0.2) is 0 Å². The van der Waals surface area contributed by atoms with E-state index in [2.05, 4.69) is 0 Å². The number of nitrogens with zero attached hydrogens (tertiary/aromatic N) is 1. The van der Waals surface area contributed by atoms with E-state index in [1.54, 1.807) is 6.92 Å². The van der Waals surface area contributed by atoms with Crippen LogP contribution in [0.5, 0.6) is 0 Å². The number of aldehydes is 1. The van der Waals surface area contributed by atoms with Gasteiger partial charge in [-0.15, -0.1) is 0 Å². The molecule has 1 aromatic carbocycles. The van der Waals surface area contributed by atoms with Crippen LogP contribution < -0.4 is 5.43 Å². The second-order valence-corrected chi connectivity index (χ2v) is 3.50. The molecule has 0 bridgehead atoms. The number of rotatable bonds is 2. The summed E-state index contributed by atoms with van der Waals surface area (Å²) in [6, 6.07) is 2.86. The number of carbonyl (C=O) groups excluding carboxylic acids is 1. The lowest BCUT2D eigenvalue weighted by molar-refractivity contribution is -0.384. The molecule has 0 aliphatic heterocycles. The summed E-state index contributed by atoms with van der Waals surface area (Å²) in [7, 11) is 0. The quantitative estimate of drug-likeness (QED) is 0.448. The topological polar surface area (TPSA) is 90.4 Å². The monoisotopic (exact) mass is 233 g/mol. The van der Waals surface area contributed by atoms with Crippen molar-refractivity contribution in [3.8, 4) is 0 Å². The molecule has 0 N–H and O–H groups in total. The van der Waals surface area contributed by atoms with E-state index < -0.39 is 10.4 Å². The summed E-state index contributed by atoms with van der Waals surface area (Å²) in [4.78, 5) is 32.6. The fourth-order valence-electron chi connectivity index (χ4n) is 1.61. The SMILES string of the molecule is Cc1ccc2c(=O)c(C=O)coc2c1[N+](=O)[O-]. The predicted octanol–water partition coefficient (Wildman–Crippen LogP) is 1.82. The first-order chi connectivity index (χ1) is 8.06. The van der Waals surface area contributed by atoms with Gasteiger partial charge in [-0.1, -0.05) is 6.07 Å². The van der Waals surface area contributed by atoms with Crippen molar-refractivity contribution in [2.75, 3.05) is 0 Å². The van der Waals surface area contributed by atoms with Crippen molar-refractivity contribution in [2.24, 2.45) is 0 Å². The summed E-state index contributed by atoms with van der Waals surface area (Å²) >= 11 is 0. The van der Waals surface area contributed by atoms with Crippen LogP contribution in [-0.2, 0) is 0 Å². The van der Waals surface area contributed by atoms with Crippen molar-refractivity contribution < 1.29 is 14.1 Å². The number of benzene rings is 1. The summed E-state index contributed by atoms with van der Waals surface area (Å²) in [5, 5.41) is 10.9. The van der Waals surface area contributed by atoms with E-state index in [9.17, 15) is 19.7 Å². The van der Waals surface area contributed by atoms with Crippen LogP contribution in [0.3, 0.4) is 0 Å². The van der Waals surface area contributed by atoms with Gasteiger partial charge in [-0.3, -0.25) is 19.7 Å². The van der Waals surface area contributed by atoms with Gasteiger partial charge in [0.2, 0.25) is 11.0 Å². The molecule has 6 nitrogen and oxygen atoms in total. The molecule has 0 spiro atoms. The van der Waals surface area contributed by atoms with Crippen molar-refractivity contribution in [3.63, 3.8) is 0 Å². The average molecular weight is 233 g/mol. The Kier molecular flexibility index (Phi) is 2.47. The number of aryl methyl sites for hydroxylation is 1. The summed E-state index contributed by atoms with van der Waals surface area (Å²) in [5.74, 6) is 0. The minimum Gasteiger partial charge on any atom is -0.456 e. The van der Waals surface area contributed by atoms with Crippen molar-refractivity contribution >= 4 is 22.9 Å². The Labute approximate surface area is 94.6 Å². The van der Waals surface area contributed by atoms with Gasteiger partial charge in [0.05, 0.1) is 15.9 Å². The van der Waals surface area contributed by atoms with E-state index in [0.29, 0.717) is 11.8 Å². The van der Waals surface area contributed by atoms with Gasteiger partial charge < -0.3 is 4.42 Å². The second kappa shape index (κ2) is 3.82. The third-order valence-corrected chi connectivity index (χ3v) is 2.45. The van der Waals surface area contributed by atoms with Crippen molar-refractivity contribution in [1.82, 2.24) is 0 Å².